The van der Waals surface area contributed by atoms with E-state index in [9.17, 15) is 14.4 Å². The highest BCUT2D eigenvalue weighted by atomic mass is 32.2. The lowest BCUT2D eigenvalue weighted by atomic mass is 9.84. The zero-order chi connectivity index (χ0) is 13.9. The first kappa shape index (κ1) is 11.7. The van der Waals surface area contributed by atoms with Gasteiger partial charge < -0.3 is 0 Å². The molecule has 1 aromatic heterocycles. The third-order valence-electron chi connectivity index (χ3n) is 3.38. The van der Waals surface area contributed by atoms with Gasteiger partial charge in [-0.1, -0.05) is 46.9 Å². The number of carbonyl (C=O) groups excluding carboxylic acids is 2. The topological polar surface area (TPSA) is 51.2 Å². The lowest BCUT2D eigenvalue weighted by Gasteiger charge is -2.16. The minimum Gasteiger partial charge on any atom is -0.289 e. The first-order chi connectivity index (χ1) is 9.65. The summed E-state index contributed by atoms with van der Waals surface area (Å²) in [7, 11) is 0. The molecule has 0 aliphatic heterocycles. The van der Waals surface area contributed by atoms with Crippen molar-refractivity contribution in [2.75, 3.05) is 0 Å². The van der Waals surface area contributed by atoms with Crippen LogP contribution in [0.2, 0.25) is 0 Å². The van der Waals surface area contributed by atoms with Crippen molar-refractivity contribution >= 4 is 43.6 Å². The number of hydrogen-bond acceptors (Lipinski definition) is 5. The van der Waals surface area contributed by atoms with Gasteiger partial charge >= 0.3 is 0 Å². The second kappa shape index (κ2) is 3.94. The van der Waals surface area contributed by atoms with E-state index in [-0.39, 0.29) is 15.6 Å². The zero-order valence-electron chi connectivity index (χ0n) is 10.0. The maximum Gasteiger partial charge on any atom is 0.288 e. The second-order valence-corrected chi connectivity index (χ2v) is 6.79. The molecule has 0 fully saturated rings. The van der Waals surface area contributed by atoms with Crippen LogP contribution in [0.1, 0.15) is 31.8 Å². The summed E-state index contributed by atoms with van der Waals surface area (Å²) in [5.41, 5.74) is 1.67. The smallest absolute Gasteiger partial charge is 0.288 e. The minimum atomic E-state index is -0.150. The van der Waals surface area contributed by atoms with Crippen molar-refractivity contribution < 1.29 is 9.59 Å². The molecule has 0 atom stereocenters. The first-order valence-electron chi connectivity index (χ1n) is 5.91. The van der Waals surface area contributed by atoms with E-state index in [2.05, 4.69) is 0 Å². The molecule has 0 amide bonds. The van der Waals surface area contributed by atoms with E-state index in [1.165, 1.54) is 0 Å². The normalized spacial score (nSPS) is 13.4. The molecular formula is C15H6O3S2. The van der Waals surface area contributed by atoms with Crippen molar-refractivity contribution in [2.24, 2.45) is 0 Å². The molecule has 0 unspecified atom stereocenters. The van der Waals surface area contributed by atoms with Gasteiger partial charge in [0.05, 0.1) is 0 Å². The van der Waals surface area contributed by atoms with Crippen LogP contribution in [0.4, 0.5) is 0 Å². The fourth-order valence-corrected chi connectivity index (χ4v) is 4.45. The Morgan fingerprint density at radius 2 is 1.10 bits per heavy atom. The van der Waals surface area contributed by atoms with Gasteiger partial charge in [-0.05, 0) is 12.1 Å². The fourth-order valence-electron chi connectivity index (χ4n) is 2.46. The summed E-state index contributed by atoms with van der Waals surface area (Å²) in [4.78, 5) is 36.4. The van der Waals surface area contributed by atoms with Crippen molar-refractivity contribution in [3.63, 3.8) is 0 Å². The minimum absolute atomic E-state index is 0.0280. The van der Waals surface area contributed by atoms with Crippen molar-refractivity contribution in [3.8, 4) is 0 Å². The zero-order valence-corrected chi connectivity index (χ0v) is 11.6. The van der Waals surface area contributed by atoms with Gasteiger partial charge in [0.2, 0.25) is 0 Å². The molecule has 3 aromatic rings. The molecule has 1 aliphatic rings. The third kappa shape index (κ3) is 1.47. The van der Waals surface area contributed by atoms with Crippen molar-refractivity contribution in [3.05, 3.63) is 67.5 Å². The summed E-state index contributed by atoms with van der Waals surface area (Å²) < 4.78 is 1.50. The Hall–Kier alpha value is -2.11. The summed E-state index contributed by atoms with van der Waals surface area (Å²) in [6.07, 6.45) is 0. The molecule has 1 aliphatic carbocycles. The molecule has 20 heavy (non-hydrogen) atoms. The van der Waals surface area contributed by atoms with E-state index >= 15 is 0 Å². The average Bonchev–Trinajstić information content (AvgIpc) is 2.82. The number of ketones is 2. The van der Waals surface area contributed by atoms with Gasteiger partial charge in [-0.15, -0.1) is 0 Å². The van der Waals surface area contributed by atoms with Gasteiger partial charge in [0.1, 0.15) is 0 Å². The third-order valence-corrected chi connectivity index (χ3v) is 5.45. The first-order valence-corrected chi connectivity index (χ1v) is 7.54. The van der Waals surface area contributed by atoms with Crippen LogP contribution in [0.3, 0.4) is 0 Å². The van der Waals surface area contributed by atoms with E-state index in [0.717, 1.165) is 32.1 Å². The van der Waals surface area contributed by atoms with E-state index in [0.29, 0.717) is 22.3 Å². The summed E-state index contributed by atoms with van der Waals surface area (Å²) in [6.45, 7) is 0. The number of carbonyl (C=O) groups is 2. The molecule has 0 spiro atoms. The molecule has 0 radical (unpaired) electrons. The molecule has 0 N–H and O–H groups in total. The maximum absolute atomic E-state index is 12.5. The SMILES string of the molecule is O=C1c2ccccc2C(=O)c2cc3sc(=O)sc3cc21. The predicted octanol–water partition coefficient (Wildman–Crippen LogP) is 3.10. The highest BCUT2D eigenvalue weighted by molar-refractivity contribution is 7.35. The van der Waals surface area contributed by atoms with E-state index in [1.54, 1.807) is 36.4 Å². The number of benzene rings is 2. The highest BCUT2D eigenvalue weighted by Gasteiger charge is 2.29. The predicted molar refractivity (Wildman–Crippen MR) is 79.3 cm³/mol. The van der Waals surface area contributed by atoms with E-state index in [4.69, 9.17) is 0 Å². The summed E-state index contributed by atoms with van der Waals surface area (Å²) >= 11 is 2.22. The maximum atomic E-state index is 12.5. The quantitative estimate of drug-likeness (QED) is 0.501. The lowest BCUT2D eigenvalue weighted by molar-refractivity contribution is 0.0979. The Morgan fingerprint density at radius 3 is 1.55 bits per heavy atom. The van der Waals surface area contributed by atoms with Gasteiger partial charge in [0.15, 0.2) is 11.6 Å². The lowest BCUT2D eigenvalue weighted by Crippen LogP contribution is -2.20. The molecular weight excluding hydrogens is 292 g/mol. The molecule has 0 saturated carbocycles. The number of fused-ring (bicyclic) bond motifs is 3. The van der Waals surface area contributed by atoms with Crippen molar-refractivity contribution in [1.82, 2.24) is 0 Å². The summed E-state index contributed by atoms with van der Waals surface area (Å²) in [5, 5.41) is 0. The van der Waals surface area contributed by atoms with Crippen LogP contribution in [0, 0.1) is 0 Å². The molecule has 5 heteroatoms. The Labute approximate surface area is 121 Å². The van der Waals surface area contributed by atoms with Crippen LogP contribution in [0.15, 0.2) is 41.2 Å². The summed E-state index contributed by atoms with van der Waals surface area (Å²) in [6, 6.07) is 10.2. The molecule has 2 aromatic carbocycles. The van der Waals surface area contributed by atoms with Crippen LogP contribution in [-0.4, -0.2) is 11.6 Å². The Kier molecular flexibility index (Phi) is 2.31. The van der Waals surface area contributed by atoms with Crippen LogP contribution >= 0.6 is 22.7 Å². The number of rotatable bonds is 0. The Balaban J connectivity index is 2.10. The van der Waals surface area contributed by atoms with Crippen LogP contribution in [0.5, 0.6) is 0 Å². The van der Waals surface area contributed by atoms with Gasteiger partial charge in [-0.3, -0.25) is 14.4 Å². The van der Waals surface area contributed by atoms with Crippen molar-refractivity contribution in [2.45, 2.75) is 0 Å². The molecule has 4 rings (SSSR count). The van der Waals surface area contributed by atoms with Gasteiger partial charge in [-0.2, -0.15) is 0 Å². The largest absolute Gasteiger partial charge is 0.289 e. The van der Waals surface area contributed by atoms with E-state index < -0.39 is 0 Å². The van der Waals surface area contributed by atoms with Crippen LogP contribution < -0.4 is 4.06 Å². The van der Waals surface area contributed by atoms with Crippen LogP contribution in [-0.2, 0) is 0 Å². The molecule has 3 nitrogen and oxygen atoms in total. The molecule has 96 valence electrons. The van der Waals surface area contributed by atoms with Gasteiger partial charge in [0.25, 0.3) is 4.06 Å². The van der Waals surface area contributed by atoms with Crippen LogP contribution in [0.25, 0.3) is 9.40 Å². The number of hydrogen-bond donors (Lipinski definition) is 0. The molecule has 1 heterocycles. The molecule has 0 saturated heterocycles. The highest BCUT2D eigenvalue weighted by Crippen LogP contribution is 2.32. The van der Waals surface area contributed by atoms with E-state index in [1.807, 2.05) is 0 Å². The Bertz CT molecular complexity index is 888. The van der Waals surface area contributed by atoms with Crippen molar-refractivity contribution in [1.29, 1.82) is 0 Å². The Morgan fingerprint density at radius 1 is 0.650 bits per heavy atom. The summed E-state index contributed by atoms with van der Waals surface area (Å²) in [5.74, 6) is -0.300. The standard InChI is InChI=1S/C15H6O3S2/c16-13-7-3-1-2-4-8(7)14(17)10-6-12-11(5-9(10)13)19-15(18)20-12/h1-6H. The van der Waals surface area contributed by atoms with Gasteiger partial charge in [0, 0.05) is 31.7 Å². The molecule has 0 bridgehead atoms. The monoisotopic (exact) mass is 298 g/mol. The second-order valence-electron chi connectivity index (χ2n) is 4.50. The average molecular weight is 298 g/mol. The fraction of sp³-hybridized carbons (Fsp3) is 0. The van der Waals surface area contributed by atoms with Gasteiger partial charge in [-0.25, -0.2) is 0 Å².